The number of amides is 1. The van der Waals surface area contributed by atoms with Crippen molar-refractivity contribution < 1.29 is 4.79 Å². The lowest BCUT2D eigenvalue weighted by atomic mass is 10.0. The van der Waals surface area contributed by atoms with E-state index in [-0.39, 0.29) is 12.5 Å². The van der Waals surface area contributed by atoms with Crippen LogP contribution in [0.15, 0.2) is 29.9 Å². The van der Waals surface area contributed by atoms with Crippen LogP contribution in [0, 0.1) is 13.8 Å². The Labute approximate surface area is 138 Å². The van der Waals surface area contributed by atoms with Crippen molar-refractivity contribution in [1.82, 2.24) is 9.97 Å². The van der Waals surface area contributed by atoms with Gasteiger partial charge in [-0.1, -0.05) is 18.2 Å². The number of rotatable bonds is 4. The number of aromatic nitrogens is 2. The maximum atomic E-state index is 11.2. The van der Waals surface area contributed by atoms with Gasteiger partial charge in [-0.25, -0.2) is 9.97 Å². The molecule has 0 aliphatic rings. The summed E-state index contributed by atoms with van der Waals surface area (Å²) >= 11 is 1.58. The maximum absolute atomic E-state index is 11.2. The number of aryl methyl sites for hydroxylation is 2. The fourth-order valence-electron chi connectivity index (χ4n) is 2.58. The van der Waals surface area contributed by atoms with Gasteiger partial charge in [-0.2, -0.15) is 0 Å². The van der Waals surface area contributed by atoms with E-state index in [1.165, 1.54) is 17.5 Å². The van der Waals surface area contributed by atoms with Gasteiger partial charge in [0.15, 0.2) is 0 Å². The summed E-state index contributed by atoms with van der Waals surface area (Å²) in [5, 5.41) is 3.05. The number of primary amides is 1. The highest BCUT2D eigenvalue weighted by Crippen LogP contribution is 2.37. The number of carbonyl (C=O) groups is 1. The molecule has 2 heterocycles. The average molecular weight is 326 g/mol. The Kier molecular flexibility index (Phi) is 4.00. The van der Waals surface area contributed by atoms with Crippen LogP contribution >= 0.6 is 11.3 Å². The van der Waals surface area contributed by atoms with Gasteiger partial charge in [0.25, 0.3) is 0 Å². The van der Waals surface area contributed by atoms with Crippen LogP contribution in [0.2, 0.25) is 0 Å². The summed E-state index contributed by atoms with van der Waals surface area (Å²) in [6.45, 7) is 4.32. The van der Waals surface area contributed by atoms with Crippen molar-refractivity contribution in [3.8, 4) is 11.1 Å². The predicted octanol–water partition coefficient (Wildman–Crippen LogP) is 2.90. The zero-order valence-corrected chi connectivity index (χ0v) is 14.1. The van der Waals surface area contributed by atoms with Crippen LogP contribution in [0.4, 0.5) is 5.82 Å². The molecule has 0 saturated heterocycles. The Hall–Kier alpha value is -2.47. The van der Waals surface area contributed by atoms with E-state index in [9.17, 15) is 4.79 Å². The molecule has 2 aromatic heterocycles. The summed E-state index contributed by atoms with van der Waals surface area (Å²) in [4.78, 5) is 22.6. The average Bonchev–Trinajstić information content (AvgIpc) is 2.93. The number of benzene rings is 1. The number of fused-ring (bicyclic) bond motifs is 1. The van der Waals surface area contributed by atoms with Gasteiger partial charge in [-0.15, -0.1) is 11.3 Å². The van der Waals surface area contributed by atoms with Crippen molar-refractivity contribution in [2.24, 2.45) is 5.73 Å². The Balaban J connectivity index is 2.18. The minimum absolute atomic E-state index is 0.119. The molecule has 118 valence electrons. The quantitative estimate of drug-likeness (QED) is 0.800. The molecule has 2 N–H and O–H groups in total. The second-order valence-electron chi connectivity index (χ2n) is 5.65. The molecule has 0 spiro atoms. The second-order valence-corrected chi connectivity index (χ2v) is 6.51. The van der Waals surface area contributed by atoms with E-state index in [1.807, 2.05) is 7.05 Å². The van der Waals surface area contributed by atoms with Crippen LogP contribution in [-0.4, -0.2) is 29.5 Å². The smallest absolute Gasteiger partial charge is 0.236 e. The van der Waals surface area contributed by atoms with Crippen molar-refractivity contribution in [2.45, 2.75) is 13.8 Å². The first-order valence-electron chi connectivity index (χ1n) is 7.26. The van der Waals surface area contributed by atoms with Crippen LogP contribution in [-0.2, 0) is 4.79 Å². The van der Waals surface area contributed by atoms with Crippen molar-refractivity contribution in [3.63, 3.8) is 0 Å². The van der Waals surface area contributed by atoms with Crippen LogP contribution in [0.1, 0.15) is 11.1 Å². The van der Waals surface area contributed by atoms with E-state index in [4.69, 9.17) is 5.73 Å². The third-order valence-electron chi connectivity index (χ3n) is 3.92. The molecule has 0 radical (unpaired) electrons. The molecule has 1 aromatic carbocycles. The molecule has 0 aliphatic heterocycles. The standard InChI is InChI=1S/C17H18N4OS/c1-10-4-5-12(6-11(10)2)13-8-23-17-15(13)16(19-9-20-17)21(3)7-14(18)22/h4-6,8-9H,7H2,1-3H3,(H2,18,22). The van der Waals surface area contributed by atoms with E-state index in [0.29, 0.717) is 0 Å². The first-order valence-corrected chi connectivity index (χ1v) is 8.14. The van der Waals surface area contributed by atoms with Gasteiger partial charge < -0.3 is 10.6 Å². The van der Waals surface area contributed by atoms with Crippen LogP contribution in [0.5, 0.6) is 0 Å². The number of carbonyl (C=O) groups excluding carboxylic acids is 1. The summed E-state index contributed by atoms with van der Waals surface area (Å²) in [6, 6.07) is 6.39. The highest BCUT2D eigenvalue weighted by atomic mass is 32.1. The molecule has 0 aliphatic carbocycles. The molecule has 1 amide bonds. The van der Waals surface area contributed by atoms with Gasteiger partial charge in [-0.05, 0) is 30.5 Å². The van der Waals surface area contributed by atoms with E-state index in [1.54, 1.807) is 16.2 Å². The Morgan fingerprint density at radius 3 is 2.74 bits per heavy atom. The molecule has 3 rings (SSSR count). The summed E-state index contributed by atoms with van der Waals surface area (Å²) in [5.41, 5.74) is 10.0. The normalized spacial score (nSPS) is 10.9. The maximum Gasteiger partial charge on any atom is 0.236 e. The molecule has 5 nitrogen and oxygen atoms in total. The largest absolute Gasteiger partial charge is 0.368 e. The lowest BCUT2D eigenvalue weighted by molar-refractivity contribution is -0.116. The van der Waals surface area contributed by atoms with Crippen molar-refractivity contribution >= 4 is 33.3 Å². The SMILES string of the molecule is Cc1ccc(-c2csc3ncnc(N(C)CC(N)=O)c23)cc1C. The zero-order valence-electron chi connectivity index (χ0n) is 13.3. The van der Waals surface area contributed by atoms with E-state index < -0.39 is 0 Å². The molecule has 0 saturated carbocycles. The Morgan fingerprint density at radius 1 is 1.26 bits per heavy atom. The molecular formula is C17H18N4OS. The number of anilines is 1. The minimum Gasteiger partial charge on any atom is -0.368 e. The van der Waals surface area contributed by atoms with Crippen molar-refractivity contribution in [3.05, 3.63) is 41.0 Å². The van der Waals surface area contributed by atoms with Gasteiger partial charge >= 0.3 is 0 Å². The van der Waals surface area contributed by atoms with Gasteiger partial charge in [0.2, 0.25) is 5.91 Å². The monoisotopic (exact) mass is 326 g/mol. The van der Waals surface area contributed by atoms with E-state index in [2.05, 4.69) is 47.4 Å². The molecular weight excluding hydrogens is 308 g/mol. The van der Waals surface area contributed by atoms with Crippen LogP contribution < -0.4 is 10.6 Å². The number of thiophene rings is 1. The second kappa shape index (κ2) is 5.96. The molecule has 0 bridgehead atoms. The molecule has 0 unspecified atom stereocenters. The lowest BCUT2D eigenvalue weighted by Gasteiger charge is -2.17. The first-order chi connectivity index (χ1) is 11.0. The number of hydrogen-bond donors (Lipinski definition) is 1. The van der Waals surface area contributed by atoms with Gasteiger partial charge in [0.05, 0.1) is 11.9 Å². The number of hydrogen-bond acceptors (Lipinski definition) is 5. The summed E-state index contributed by atoms with van der Waals surface area (Å²) < 4.78 is 0. The van der Waals surface area contributed by atoms with Gasteiger partial charge in [-0.3, -0.25) is 4.79 Å². The number of nitrogens with zero attached hydrogens (tertiary/aromatic N) is 3. The third-order valence-corrected chi connectivity index (χ3v) is 4.81. The zero-order chi connectivity index (χ0) is 16.6. The van der Waals surface area contributed by atoms with E-state index >= 15 is 0 Å². The van der Waals surface area contributed by atoms with Crippen LogP contribution in [0.3, 0.4) is 0 Å². The lowest BCUT2D eigenvalue weighted by Crippen LogP contribution is -2.31. The Morgan fingerprint density at radius 2 is 2.04 bits per heavy atom. The first kappa shape index (κ1) is 15.4. The topological polar surface area (TPSA) is 72.1 Å². The number of nitrogens with two attached hydrogens (primary N) is 1. The van der Waals surface area contributed by atoms with Crippen molar-refractivity contribution in [1.29, 1.82) is 0 Å². The highest BCUT2D eigenvalue weighted by molar-refractivity contribution is 7.17. The molecule has 6 heteroatoms. The summed E-state index contributed by atoms with van der Waals surface area (Å²) in [7, 11) is 1.81. The van der Waals surface area contributed by atoms with Gasteiger partial charge in [0.1, 0.15) is 17.0 Å². The fourth-order valence-corrected chi connectivity index (χ4v) is 3.49. The number of likely N-dealkylation sites (N-methyl/N-ethyl adjacent to an activating group) is 1. The predicted molar refractivity (Wildman–Crippen MR) is 94.8 cm³/mol. The van der Waals surface area contributed by atoms with Crippen LogP contribution in [0.25, 0.3) is 21.3 Å². The Bertz CT molecular complexity index is 887. The summed E-state index contributed by atoms with van der Waals surface area (Å²) in [6.07, 6.45) is 1.52. The molecule has 0 atom stereocenters. The van der Waals surface area contributed by atoms with Crippen molar-refractivity contribution in [2.75, 3.05) is 18.5 Å². The molecule has 3 aromatic rings. The molecule has 23 heavy (non-hydrogen) atoms. The highest BCUT2D eigenvalue weighted by Gasteiger charge is 2.17. The van der Waals surface area contributed by atoms with E-state index in [0.717, 1.165) is 27.2 Å². The summed E-state index contributed by atoms with van der Waals surface area (Å²) in [5.74, 6) is 0.338. The third kappa shape index (κ3) is 2.90. The minimum atomic E-state index is -0.387. The van der Waals surface area contributed by atoms with Gasteiger partial charge in [0, 0.05) is 18.0 Å². The fraction of sp³-hybridized carbons (Fsp3) is 0.235. The molecule has 0 fully saturated rings.